The topological polar surface area (TPSA) is 111 Å². The monoisotopic (exact) mass is 449 g/mol. The van der Waals surface area contributed by atoms with Crippen LogP contribution in [0.3, 0.4) is 0 Å². The van der Waals surface area contributed by atoms with Gasteiger partial charge in [-0.05, 0) is 43.2 Å². The van der Waals surface area contributed by atoms with Crippen molar-refractivity contribution in [2.75, 3.05) is 31.5 Å². The maximum Gasteiger partial charge on any atom is 0.255 e. The lowest BCUT2D eigenvalue weighted by Crippen LogP contribution is -2.31. The van der Waals surface area contributed by atoms with E-state index in [-0.39, 0.29) is 12.5 Å². The third-order valence-corrected chi connectivity index (χ3v) is 5.45. The molecule has 9 heteroatoms. The van der Waals surface area contributed by atoms with Gasteiger partial charge in [0, 0.05) is 24.4 Å². The van der Waals surface area contributed by atoms with Gasteiger partial charge in [0.25, 0.3) is 5.91 Å². The van der Waals surface area contributed by atoms with Crippen molar-refractivity contribution >= 4 is 17.5 Å². The van der Waals surface area contributed by atoms with E-state index in [0.29, 0.717) is 53.1 Å². The summed E-state index contributed by atoms with van der Waals surface area (Å²) in [5, 5.41) is 20.1. The number of aliphatic hydroxyl groups is 1. The number of aryl methyl sites for hydroxylation is 1. The van der Waals surface area contributed by atoms with Crippen LogP contribution in [0.1, 0.15) is 30.8 Å². The molecule has 0 saturated carbocycles. The lowest BCUT2D eigenvalue weighted by Gasteiger charge is -2.29. The van der Waals surface area contributed by atoms with E-state index in [4.69, 9.17) is 9.47 Å². The average molecular weight is 450 g/mol. The fourth-order valence-corrected chi connectivity index (χ4v) is 3.88. The smallest absolute Gasteiger partial charge is 0.255 e. The summed E-state index contributed by atoms with van der Waals surface area (Å²) in [6, 6.07) is 14.3. The van der Waals surface area contributed by atoms with Gasteiger partial charge >= 0.3 is 0 Å². The van der Waals surface area contributed by atoms with Crippen LogP contribution in [0, 0.1) is 0 Å². The number of anilines is 2. The molecule has 0 bridgehead atoms. The van der Waals surface area contributed by atoms with Crippen LogP contribution in [-0.2, 0) is 11.2 Å². The number of ether oxygens (including phenoxy) is 2. The minimum absolute atomic E-state index is 0.0540. The van der Waals surface area contributed by atoms with Gasteiger partial charge in [-0.15, -0.1) is 0 Å². The Morgan fingerprint density at radius 1 is 1.15 bits per heavy atom. The Balaban J connectivity index is 1.80. The van der Waals surface area contributed by atoms with Crippen LogP contribution < -0.4 is 20.1 Å². The summed E-state index contributed by atoms with van der Waals surface area (Å²) in [4.78, 5) is 18.0. The fraction of sp³-hybridized carbons (Fsp3) is 0.292. The Hall–Kier alpha value is -3.85. The van der Waals surface area contributed by atoms with Gasteiger partial charge in [0.05, 0.1) is 19.8 Å². The van der Waals surface area contributed by atoms with E-state index in [1.54, 1.807) is 18.9 Å². The minimum Gasteiger partial charge on any atom is -0.493 e. The Labute approximate surface area is 192 Å². The van der Waals surface area contributed by atoms with Gasteiger partial charge in [0.1, 0.15) is 6.04 Å². The van der Waals surface area contributed by atoms with Crippen molar-refractivity contribution in [2.24, 2.45) is 0 Å². The number of amides is 1. The zero-order chi connectivity index (χ0) is 23.4. The highest BCUT2D eigenvalue weighted by Crippen LogP contribution is 2.39. The lowest BCUT2D eigenvalue weighted by atomic mass is 9.94. The van der Waals surface area contributed by atoms with Crippen molar-refractivity contribution in [3.05, 3.63) is 71.2 Å². The van der Waals surface area contributed by atoms with Gasteiger partial charge in [-0.3, -0.25) is 4.79 Å². The van der Waals surface area contributed by atoms with Crippen LogP contribution in [0.15, 0.2) is 59.8 Å². The maximum absolute atomic E-state index is 13.5. The van der Waals surface area contributed by atoms with Gasteiger partial charge < -0.3 is 25.2 Å². The van der Waals surface area contributed by atoms with Gasteiger partial charge in [-0.25, -0.2) is 4.68 Å². The number of methoxy groups -OCH3 is 2. The molecule has 172 valence electrons. The number of aliphatic hydroxyl groups excluding tert-OH is 1. The summed E-state index contributed by atoms with van der Waals surface area (Å²) >= 11 is 0. The van der Waals surface area contributed by atoms with Crippen LogP contribution in [0.2, 0.25) is 0 Å². The zero-order valence-electron chi connectivity index (χ0n) is 18.8. The number of nitrogens with one attached hydrogen (secondary N) is 2. The number of carbonyl (C=O) groups is 1. The van der Waals surface area contributed by atoms with Crippen LogP contribution in [0.25, 0.3) is 0 Å². The van der Waals surface area contributed by atoms with Gasteiger partial charge in [0.15, 0.2) is 17.3 Å². The SMILES string of the molecule is COc1ccc([C@H]2C(C(=O)Nc3ccccc3)=C(C)Nc3nc(CCCO)nn32)cc1OC. The van der Waals surface area contributed by atoms with E-state index in [1.807, 2.05) is 55.5 Å². The molecule has 4 rings (SSSR count). The average Bonchev–Trinajstić information content (AvgIpc) is 3.24. The Kier molecular flexibility index (Phi) is 6.60. The largest absolute Gasteiger partial charge is 0.493 e. The molecular weight excluding hydrogens is 422 g/mol. The molecule has 1 amide bonds. The van der Waals surface area contributed by atoms with E-state index in [9.17, 15) is 9.90 Å². The molecule has 0 radical (unpaired) electrons. The van der Waals surface area contributed by atoms with E-state index >= 15 is 0 Å². The van der Waals surface area contributed by atoms with Crippen LogP contribution in [0.5, 0.6) is 11.5 Å². The number of hydrogen-bond donors (Lipinski definition) is 3. The number of para-hydroxylation sites is 1. The number of hydrogen-bond acceptors (Lipinski definition) is 7. The van der Waals surface area contributed by atoms with E-state index in [0.717, 1.165) is 5.56 Å². The van der Waals surface area contributed by atoms with Crippen molar-refractivity contribution in [3.8, 4) is 11.5 Å². The molecule has 1 atom stereocenters. The molecule has 0 unspecified atom stereocenters. The number of allylic oxidation sites excluding steroid dienone is 1. The van der Waals surface area contributed by atoms with Crippen LogP contribution >= 0.6 is 0 Å². The molecular formula is C24H27N5O4. The first kappa shape index (κ1) is 22.3. The van der Waals surface area contributed by atoms with Crippen LogP contribution in [-0.4, -0.2) is 46.6 Å². The Morgan fingerprint density at radius 3 is 2.61 bits per heavy atom. The third kappa shape index (κ3) is 4.54. The molecule has 3 N–H and O–H groups in total. The summed E-state index contributed by atoms with van der Waals surface area (Å²) in [5.41, 5.74) is 2.68. The quantitative estimate of drug-likeness (QED) is 0.484. The lowest BCUT2D eigenvalue weighted by molar-refractivity contribution is -0.113. The first-order chi connectivity index (χ1) is 16.0. The number of aromatic nitrogens is 3. The Morgan fingerprint density at radius 2 is 1.91 bits per heavy atom. The molecule has 0 saturated heterocycles. The van der Waals surface area contributed by atoms with Crippen molar-refractivity contribution in [3.63, 3.8) is 0 Å². The molecule has 0 fully saturated rings. The van der Waals surface area contributed by atoms with Crippen molar-refractivity contribution in [2.45, 2.75) is 25.8 Å². The highest BCUT2D eigenvalue weighted by atomic mass is 16.5. The van der Waals surface area contributed by atoms with E-state index in [1.165, 1.54) is 0 Å². The molecule has 1 aliphatic heterocycles. The van der Waals surface area contributed by atoms with Crippen molar-refractivity contribution in [1.29, 1.82) is 0 Å². The number of benzene rings is 2. The zero-order valence-corrected chi connectivity index (χ0v) is 18.8. The second-order valence-corrected chi connectivity index (χ2v) is 7.62. The van der Waals surface area contributed by atoms with Gasteiger partial charge in [-0.1, -0.05) is 24.3 Å². The summed E-state index contributed by atoms with van der Waals surface area (Å²) in [7, 11) is 3.15. The predicted molar refractivity (Wildman–Crippen MR) is 125 cm³/mol. The third-order valence-electron chi connectivity index (χ3n) is 5.45. The fourth-order valence-electron chi connectivity index (χ4n) is 3.88. The maximum atomic E-state index is 13.5. The number of carbonyl (C=O) groups excluding carboxylic acids is 1. The van der Waals surface area contributed by atoms with Crippen molar-refractivity contribution < 1.29 is 19.4 Å². The summed E-state index contributed by atoms with van der Waals surface area (Å²) in [6.07, 6.45) is 1.08. The standard InChI is InChI=1S/C24H27N5O4/c1-15-21(23(31)26-17-8-5-4-6-9-17)22(16-11-12-18(32-2)19(14-16)33-3)29-24(25-15)27-20(28-29)10-7-13-30/h4-6,8-9,11-12,14,22,30H,7,10,13H2,1-3H3,(H,26,31)(H,25,27,28)/t22-/m0/s1. The number of nitrogens with zero attached hydrogens (tertiary/aromatic N) is 3. The molecule has 1 aromatic heterocycles. The highest BCUT2D eigenvalue weighted by Gasteiger charge is 2.34. The first-order valence-corrected chi connectivity index (χ1v) is 10.7. The molecule has 2 aromatic carbocycles. The molecule has 3 aromatic rings. The number of fused-ring (bicyclic) bond motifs is 1. The molecule has 1 aliphatic rings. The second kappa shape index (κ2) is 9.74. The van der Waals surface area contributed by atoms with E-state index < -0.39 is 6.04 Å². The Bertz CT molecular complexity index is 1170. The number of rotatable bonds is 8. The van der Waals surface area contributed by atoms with Gasteiger partial charge in [0.2, 0.25) is 5.95 Å². The highest BCUT2D eigenvalue weighted by molar-refractivity contribution is 6.06. The summed E-state index contributed by atoms with van der Waals surface area (Å²) < 4.78 is 12.6. The molecule has 33 heavy (non-hydrogen) atoms. The first-order valence-electron chi connectivity index (χ1n) is 10.7. The molecule has 2 heterocycles. The molecule has 0 spiro atoms. The second-order valence-electron chi connectivity index (χ2n) is 7.62. The normalized spacial score (nSPS) is 15.0. The summed E-state index contributed by atoms with van der Waals surface area (Å²) in [5.74, 6) is 2.03. The van der Waals surface area contributed by atoms with Crippen LogP contribution in [0.4, 0.5) is 11.6 Å². The molecule has 9 nitrogen and oxygen atoms in total. The summed E-state index contributed by atoms with van der Waals surface area (Å²) in [6.45, 7) is 1.90. The predicted octanol–water partition coefficient (Wildman–Crippen LogP) is 3.15. The molecule has 0 aliphatic carbocycles. The van der Waals surface area contributed by atoms with Crippen molar-refractivity contribution in [1.82, 2.24) is 14.8 Å². The van der Waals surface area contributed by atoms with Gasteiger partial charge in [-0.2, -0.15) is 10.1 Å². The van der Waals surface area contributed by atoms with E-state index in [2.05, 4.69) is 20.7 Å². The minimum atomic E-state index is -0.542.